The smallest absolute Gasteiger partial charge is 0.0450 e. The molecule has 1 atom stereocenters. The van der Waals surface area contributed by atoms with Gasteiger partial charge in [-0.2, -0.15) is 0 Å². The molecule has 1 fully saturated rings. The number of nitrogens with zero attached hydrogens (tertiary/aromatic N) is 1. The third kappa shape index (κ3) is 2.99. The number of hydrogen-bond acceptors (Lipinski definition) is 3. The molecule has 3 nitrogen and oxygen atoms in total. The lowest BCUT2D eigenvalue weighted by atomic mass is 9.98. The Bertz CT molecular complexity index is 335. The molecule has 1 aliphatic heterocycles. The zero-order valence-corrected chi connectivity index (χ0v) is 10.3. The summed E-state index contributed by atoms with van der Waals surface area (Å²) in [6.45, 7) is 1.98. The third-order valence-corrected chi connectivity index (χ3v) is 3.59. The first-order chi connectivity index (χ1) is 8.35. The monoisotopic (exact) mass is 234 g/mol. The molecule has 0 aliphatic carbocycles. The molecule has 0 bridgehead atoms. The molecule has 0 aromatic heterocycles. The van der Waals surface area contributed by atoms with E-state index in [0.717, 1.165) is 13.0 Å². The highest BCUT2D eigenvalue weighted by molar-refractivity contribution is 5.49. The maximum Gasteiger partial charge on any atom is 0.0450 e. The predicted octanol–water partition coefficient (Wildman–Crippen LogP) is 1.89. The van der Waals surface area contributed by atoms with Crippen LogP contribution in [0.1, 0.15) is 31.2 Å². The largest absolute Gasteiger partial charge is 0.396 e. The highest BCUT2D eigenvalue weighted by Gasteiger charge is 2.21. The van der Waals surface area contributed by atoms with Crippen LogP contribution in [0.5, 0.6) is 0 Å². The topological polar surface area (TPSA) is 49.5 Å². The lowest BCUT2D eigenvalue weighted by Crippen LogP contribution is -2.40. The summed E-state index contributed by atoms with van der Waals surface area (Å²) in [5.74, 6) is 0. The van der Waals surface area contributed by atoms with Gasteiger partial charge >= 0.3 is 0 Å². The van der Waals surface area contributed by atoms with Gasteiger partial charge in [0.05, 0.1) is 0 Å². The SMILES string of the molecule is NCc1ccc(N2CCCCC2CCO)cc1. The van der Waals surface area contributed by atoms with E-state index in [0.29, 0.717) is 12.6 Å². The molecule has 1 heterocycles. The maximum absolute atomic E-state index is 9.12. The Balaban J connectivity index is 2.11. The summed E-state index contributed by atoms with van der Waals surface area (Å²) < 4.78 is 0. The fourth-order valence-electron chi connectivity index (χ4n) is 2.61. The number of aliphatic hydroxyl groups is 1. The zero-order chi connectivity index (χ0) is 12.1. The van der Waals surface area contributed by atoms with Crippen molar-refractivity contribution in [2.24, 2.45) is 5.73 Å². The van der Waals surface area contributed by atoms with Crippen molar-refractivity contribution in [3.63, 3.8) is 0 Å². The van der Waals surface area contributed by atoms with Crippen LogP contribution in [0.25, 0.3) is 0 Å². The molecule has 0 amide bonds. The molecule has 2 rings (SSSR count). The Labute approximate surface area is 103 Å². The van der Waals surface area contributed by atoms with E-state index in [2.05, 4.69) is 29.2 Å². The first kappa shape index (κ1) is 12.4. The van der Waals surface area contributed by atoms with Crippen LogP contribution in [-0.4, -0.2) is 24.3 Å². The summed E-state index contributed by atoms with van der Waals surface area (Å²) in [7, 11) is 0. The second kappa shape index (κ2) is 6.03. The molecule has 3 heteroatoms. The summed E-state index contributed by atoms with van der Waals surface area (Å²) in [6, 6.07) is 8.99. The molecule has 1 unspecified atom stereocenters. The molecule has 1 aliphatic rings. The molecule has 3 N–H and O–H groups in total. The van der Waals surface area contributed by atoms with Crippen LogP contribution in [0.2, 0.25) is 0 Å². The standard InChI is InChI=1S/C14H22N2O/c15-11-12-4-6-14(7-5-12)16-9-2-1-3-13(16)8-10-17/h4-7,13,17H,1-3,8-11,15H2. The van der Waals surface area contributed by atoms with Crippen LogP contribution in [-0.2, 0) is 6.54 Å². The normalized spacial score (nSPS) is 20.6. The van der Waals surface area contributed by atoms with Gasteiger partial charge in [0.25, 0.3) is 0 Å². The Morgan fingerprint density at radius 1 is 1.24 bits per heavy atom. The minimum Gasteiger partial charge on any atom is -0.396 e. The first-order valence-electron chi connectivity index (χ1n) is 6.51. The van der Waals surface area contributed by atoms with E-state index in [1.165, 1.54) is 30.5 Å². The number of rotatable bonds is 4. The van der Waals surface area contributed by atoms with Crippen molar-refractivity contribution in [1.82, 2.24) is 0 Å². The Morgan fingerprint density at radius 2 is 2.00 bits per heavy atom. The Morgan fingerprint density at radius 3 is 2.65 bits per heavy atom. The van der Waals surface area contributed by atoms with Gasteiger partial charge in [-0.1, -0.05) is 12.1 Å². The van der Waals surface area contributed by atoms with Crippen molar-refractivity contribution < 1.29 is 5.11 Å². The van der Waals surface area contributed by atoms with Gasteiger partial charge in [-0.05, 0) is 43.4 Å². The molecule has 1 aromatic rings. The van der Waals surface area contributed by atoms with Gasteiger partial charge in [0.15, 0.2) is 0 Å². The Hall–Kier alpha value is -1.06. The third-order valence-electron chi connectivity index (χ3n) is 3.59. The quantitative estimate of drug-likeness (QED) is 0.836. The Kier molecular flexibility index (Phi) is 4.40. The molecule has 1 aromatic carbocycles. The van der Waals surface area contributed by atoms with Crippen LogP contribution in [0.15, 0.2) is 24.3 Å². The van der Waals surface area contributed by atoms with Gasteiger partial charge in [-0.25, -0.2) is 0 Å². The fourth-order valence-corrected chi connectivity index (χ4v) is 2.61. The molecular weight excluding hydrogens is 212 g/mol. The van der Waals surface area contributed by atoms with Crippen LogP contribution in [0, 0.1) is 0 Å². The molecule has 17 heavy (non-hydrogen) atoms. The van der Waals surface area contributed by atoms with Crippen molar-refractivity contribution in [2.45, 2.75) is 38.3 Å². The molecule has 0 saturated carbocycles. The van der Waals surface area contributed by atoms with Gasteiger partial charge < -0.3 is 15.7 Å². The van der Waals surface area contributed by atoms with E-state index in [1.54, 1.807) is 0 Å². The number of anilines is 1. The average Bonchev–Trinajstić information content (AvgIpc) is 2.40. The van der Waals surface area contributed by atoms with Gasteiger partial charge in [-0.15, -0.1) is 0 Å². The summed E-state index contributed by atoms with van der Waals surface area (Å²) in [6.07, 6.45) is 4.60. The van der Waals surface area contributed by atoms with E-state index < -0.39 is 0 Å². The number of piperidine rings is 1. The van der Waals surface area contributed by atoms with Crippen molar-refractivity contribution >= 4 is 5.69 Å². The highest BCUT2D eigenvalue weighted by atomic mass is 16.3. The minimum absolute atomic E-state index is 0.280. The van der Waals surface area contributed by atoms with E-state index in [4.69, 9.17) is 10.8 Å². The molecule has 0 spiro atoms. The van der Waals surface area contributed by atoms with Crippen LogP contribution in [0.3, 0.4) is 0 Å². The average molecular weight is 234 g/mol. The minimum atomic E-state index is 0.280. The van der Waals surface area contributed by atoms with Crippen molar-refractivity contribution in [3.05, 3.63) is 29.8 Å². The van der Waals surface area contributed by atoms with Crippen LogP contribution >= 0.6 is 0 Å². The van der Waals surface area contributed by atoms with E-state index in [9.17, 15) is 0 Å². The molecule has 0 radical (unpaired) electrons. The second-order valence-corrected chi connectivity index (χ2v) is 4.73. The van der Waals surface area contributed by atoms with Crippen molar-refractivity contribution in [1.29, 1.82) is 0 Å². The van der Waals surface area contributed by atoms with Crippen molar-refractivity contribution in [3.8, 4) is 0 Å². The predicted molar refractivity (Wildman–Crippen MR) is 71.0 cm³/mol. The van der Waals surface area contributed by atoms with Gasteiger partial charge in [0.2, 0.25) is 0 Å². The second-order valence-electron chi connectivity index (χ2n) is 4.73. The molecular formula is C14H22N2O. The van der Waals surface area contributed by atoms with E-state index in [-0.39, 0.29) is 6.61 Å². The van der Waals surface area contributed by atoms with E-state index >= 15 is 0 Å². The molecule has 1 saturated heterocycles. The van der Waals surface area contributed by atoms with Crippen LogP contribution in [0.4, 0.5) is 5.69 Å². The molecule has 94 valence electrons. The lowest BCUT2D eigenvalue weighted by molar-refractivity contribution is 0.262. The van der Waals surface area contributed by atoms with Crippen LogP contribution < -0.4 is 10.6 Å². The number of nitrogens with two attached hydrogens (primary N) is 1. The number of benzene rings is 1. The van der Waals surface area contributed by atoms with Crippen molar-refractivity contribution in [2.75, 3.05) is 18.1 Å². The van der Waals surface area contributed by atoms with Gasteiger partial charge in [0.1, 0.15) is 0 Å². The zero-order valence-electron chi connectivity index (χ0n) is 10.3. The first-order valence-corrected chi connectivity index (χ1v) is 6.51. The lowest BCUT2D eigenvalue weighted by Gasteiger charge is -2.37. The summed E-state index contributed by atoms with van der Waals surface area (Å²) in [5, 5.41) is 9.12. The van der Waals surface area contributed by atoms with Gasteiger partial charge in [0, 0.05) is 31.4 Å². The van der Waals surface area contributed by atoms with Gasteiger partial charge in [-0.3, -0.25) is 0 Å². The highest BCUT2D eigenvalue weighted by Crippen LogP contribution is 2.26. The fraction of sp³-hybridized carbons (Fsp3) is 0.571. The number of hydrogen-bond donors (Lipinski definition) is 2. The summed E-state index contributed by atoms with van der Waals surface area (Å²) >= 11 is 0. The maximum atomic E-state index is 9.12. The number of aliphatic hydroxyl groups excluding tert-OH is 1. The summed E-state index contributed by atoms with van der Waals surface area (Å²) in [5.41, 5.74) is 8.04. The summed E-state index contributed by atoms with van der Waals surface area (Å²) in [4.78, 5) is 2.43. The van der Waals surface area contributed by atoms with E-state index in [1.807, 2.05) is 0 Å².